The van der Waals surface area contributed by atoms with Crippen LogP contribution in [-0.2, 0) is 0 Å². The Kier molecular flexibility index (Phi) is 2.81. The summed E-state index contributed by atoms with van der Waals surface area (Å²) in [5.41, 5.74) is 5.61. The van der Waals surface area contributed by atoms with Crippen molar-refractivity contribution in [2.24, 2.45) is 11.7 Å². The molecule has 0 aromatic carbocycles. The summed E-state index contributed by atoms with van der Waals surface area (Å²) in [5.74, 6) is 1.69. The van der Waals surface area contributed by atoms with Gasteiger partial charge in [0.15, 0.2) is 0 Å². The zero-order chi connectivity index (χ0) is 8.48. The molecule has 64 valence electrons. The van der Waals surface area contributed by atoms with Gasteiger partial charge >= 0.3 is 0 Å². The Morgan fingerprint density at radius 1 is 1.64 bits per heavy atom. The molecule has 0 spiro atoms. The smallest absolute Gasteiger partial charge is 0.0759 e. The number of thiocarbonyl (C=S) groups is 1. The highest BCUT2D eigenvalue weighted by Crippen LogP contribution is 2.38. The van der Waals surface area contributed by atoms with E-state index >= 15 is 0 Å². The first-order valence-electron chi connectivity index (χ1n) is 3.94. The minimum absolute atomic E-state index is 0.381. The summed E-state index contributed by atoms with van der Waals surface area (Å²) in [7, 11) is 0. The van der Waals surface area contributed by atoms with E-state index in [4.69, 9.17) is 18.0 Å². The molecule has 3 heteroatoms. The van der Waals surface area contributed by atoms with Crippen LogP contribution < -0.4 is 5.73 Å². The Morgan fingerprint density at radius 2 is 2.27 bits per heavy atom. The van der Waals surface area contributed by atoms with Crippen LogP contribution in [0, 0.1) is 5.92 Å². The van der Waals surface area contributed by atoms with E-state index in [1.165, 1.54) is 12.2 Å². The molecular weight excluding hydrogens is 174 g/mol. The molecule has 1 fully saturated rings. The van der Waals surface area contributed by atoms with Gasteiger partial charge in [0.05, 0.1) is 4.99 Å². The quantitative estimate of drug-likeness (QED) is 0.640. The third-order valence-corrected chi connectivity index (χ3v) is 3.82. The molecule has 0 amide bonds. The van der Waals surface area contributed by atoms with Gasteiger partial charge in [-0.3, -0.25) is 0 Å². The molecule has 2 N–H and O–H groups in total. The van der Waals surface area contributed by atoms with Crippen LogP contribution in [0.5, 0.6) is 0 Å². The molecule has 0 bridgehead atoms. The molecule has 1 aliphatic heterocycles. The molecule has 1 nitrogen and oxygen atoms in total. The lowest BCUT2D eigenvalue weighted by atomic mass is 9.93. The third kappa shape index (κ3) is 2.64. The molecule has 11 heavy (non-hydrogen) atoms. The van der Waals surface area contributed by atoms with Gasteiger partial charge in [-0.15, -0.1) is 0 Å². The van der Waals surface area contributed by atoms with E-state index in [2.05, 4.69) is 13.8 Å². The van der Waals surface area contributed by atoms with Crippen molar-refractivity contribution in [1.29, 1.82) is 0 Å². The van der Waals surface area contributed by atoms with Gasteiger partial charge < -0.3 is 5.73 Å². The molecule has 0 radical (unpaired) electrons. The number of rotatable bonds is 1. The second kappa shape index (κ2) is 3.31. The zero-order valence-electron chi connectivity index (χ0n) is 7.09. The van der Waals surface area contributed by atoms with Gasteiger partial charge in [0.1, 0.15) is 0 Å². The number of hydrogen-bond donors (Lipinski definition) is 1. The lowest BCUT2D eigenvalue weighted by molar-refractivity contribution is 0.504. The van der Waals surface area contributed by atoms with Crippen LogP contribution in [0.1, 0.15) is 26.7 Å². The second-order valence-corrected chi connectivity index (χ2v) is 5.97. The minimum atomic E-state index is 0.381. The lowest BCUT2D eigenvalue weighted by Gasteiger charge is -2.34. The van der Waals surface area contributed by atoms with Gasteiger partial charge in [-0.25, -0.2) is 0 Å². The monoisotopic (exact) mass is 189 g/mol. The molecule has 0 aliphatic carbocycles. The summed E-state index contributed by atoms with van der Waals surface area (Å²) in [5, 5.41) is 0. The third-order valence-electron chi connectivity index (χ3n) is 2.10. The fourth-order valence-corrected chi connectivity index (χ4v) is 2.95. The molecule has 0 aromatic rings. The van der Waals surface area contributed by atoms with Gasteiger partial charge in [0.25, 0.3) is 0 Å². The van der Waals surface area contributed by atoms with E-state index in [0.29, 0.717) is 15.7 Å². The van der Waals surface area contributed by atoms with Crippen LogP contribution in [0.3, 0.4) is 0 Å². The molecule has 1 atom stereocenters. The summed E-state index contributed by atoms with van der Waals surface area (Å²) in [6.07, 6.45) is 2.32. The highest BCUT2D eigenvalue weighted by Gasteiger charge is 2.29. The first kappa shape index (κ1) is 9.33. The Morgan fingerprint density at radius 3 is 2.64 bits per heavy atom. The van der Waals surface area contributed by atoms with Crippen LogP contribution in [0.25, 0.3) is 0 Å². The highest BCUT2D eigenvalue weighted by atomic mass is 32.2. The largest absolute Gasteiger partial charge is 0.393 e. The maximum absolute atomic E-state index is 5.61. The van der Waals surface area contributed by atoms with Gasteiger partial charge in [-0.05, 0) is 18.6 Å². The summed E-state index contributed by atoms with van der Waals surface area (Å²) < 4.78 is 0.381. The van der Waals surface area contributed by atoms with E-state index in [1.54, 1.807) is 0 Å². The number of nitrogens with two attached hydrogens (primary N) is 1. The fourth-order valence-electron chi connectivity index (χ4n) is 1.47. The van der Waals surface area contributed by atoms with Gasteiger partial charge in [0.2, 0.25) is 0 Å². The van der Waals surface area contributed by atoms with E-state index in [9.17, 15) is 0 Å². The summed E-state index contributed by atoms with van der Waals surface area (Å²) in [6.45, 7) is 4.53. The molecule has 1 heterocycles. The predicted octanol–water partition coefficient (Wildman–Crippen LogP) is 2.19. The molecule has 0 aromatic heterocycles. The van der Waals surface area contributed by atoms with Gasteiger partial charge in [0, 0.05) is 10.7 Å². The predicted molar refractivity (Wildman–Crippen MR) is 56.0 cm³/mol. The summed E-state index contributed by atoms with van der Waals surface area (Å²) in [4.78, 5) is 0.707. The van der Waals surface area contributed by atoms with Crippen LogP contribution in [0.2, 0.25) is 0 Å². The van der Waals surface area contributed by atoms with Crippen LogP contribution in [0.15, 0.2) is 0 Å². The molecule has 0 unspecified atom stereocenters. The zero-order valence-corrected chi connectivity index (χ0v) is 8.73. The maximum Gasteiger partial charge on any atom is 0.0759 e. The maximum atomic E-state index is 5.61. The Bertz CT molecular complexity index is 165. The topological polar surface area (TPSA) is 26.0 Å². The number of thioether (sulfide) groups is 1. The molecular formula is C8H15NS2. The Balaban J connectivity index is 2.53. The Hall–Kier alpha value is 0.240. The van der Waals surface area contributed by atoms with Crippen molar-refractivity contribution in [2.75, 3.05) is 5.75 Å². The van der Waals surface area contributed by atoms with Crippen molar-refractivity contribution in [2.45, 2.75) is 31.4 Å². The van der Waals surface area contributed by atoms with Crippen molar-refractivity contribution < 1.29 is 0 Å². The van der Waals surface area contributed by atoms with Crippen LogP contribution >= 0.6 is 24.0 Å². The molecule has 1 aliphatic rings. The lowest BCUT2D eigenvalue weighted by Crippen LogP contribution is -2.33. The summed E-state index contributed by atoms with van der Waals surface area (Å²) >= 11 is 7.01. The standard InChI is InChI=1S/C8H15NS2/c1-8(2)5-6(7(9)10)3-4-11-8/h6H,3-5H2,1-2H3,(H2,9,10)/t6-/m1/s1. The fraction of sp³-hybridized carbons (Fsp3) is 0.875. The van der Waals surface area contributed by atoms with Crippen molar-refractivity contribution >= 4 is 29.0 Å². The van der Waals surface area contributed by atoms with Crippen molar-refractivity contribution in [3.8, 4) is 0 Å². The molecule has 1 saturated heterocycles. The number of hydrogen-bond acceptors (Lipinski definition) is 2. The van der Waals surface area contributed by atoms with Gasteiger partial charge in [-0.1, -0.05) is 26.1 Å². The second-order valence-electron chi connectivity index (χ2n) is 3.70. The minimum Gasteiger partial charge on any atom is -0.393 e. The van der Waals surface area contributed by atoms with Crippen molar-refractivity contribution in [1.82, 2.24) is 0 Å². The SMILES string of the molecule is CC1(C)C[C@H](C(N)=S)CCS1. The van der Waals surface area contributed by atoms with Crippen LogP contribution in [0.4, 0.5) is 0 Å². The first-order valence-corrected chi connectivity index (χ1v) is 5.34. The molecule has 1 rings (SSSR count). The van der Waals surface area contributed by atoms with Gasteiger partial charge in [-0.2, -0.15) is 11.8 Å². The van der Waals surface area contributed by atoms with E-state index in [-0.39, 0.29) is 0 Å². The molecule has 0 saturated carbocycles. The highest BCUT2D eigenvalue weighted by molar-refractivity contribution is 8.00. The van der Waals surface area contributed by atoms with Crippen molar-refractivity contribution in [3.63, 3.8) is 0 Å². The first-order chi connectivity index (χ1) is 5.01. The van der Waals surface area contributed by atoms with E-state index in [0.717, 1.165) is 6.42 Å². The van der Waals surface area contributed by atoms with E-state index in [1.807, 2.05) is 11.8 Å². The Labute approximate surface area is 78.1 Å². The van der Waals surface area contributed by atoms with Crippen molar-refractivity contribution in [3.05, 3.63) is 0 Å². The summed E-state index contributed by atoms with van der Waals surface area (Å²) in [6, 6.07) is 0. The van der Waals surface area contributed by atoms with Crippen LogP contribution in [-0.4, -0.2) is 15.5 Å². The van der Waals surface area contributed by atoms with E-state index < -0.39 is 0 Å². The average Bonchev–Trinajstić information content (AvgIpc) is 1.85. The normalized spacial score (nSPS) is 29.8. The average molecular weight is 189 g/mol.